The van der Waals surface area contributed by atoms with E-state index >= 15 is 0 Å². The summed E-state index contributed by atoms with van der Waals surface area (Å²) in [6.07, 6.45) is 0. The van der Waals surface area contributed by atoms with Crippen LogP contribution in [0.1, 0.15) is 18.5 Å². The van der Waals surface area contributed by atoms with Crippen molar-refractivity contribution in [2.24, 2.45) is 0 Å². The van der Waals surface area contributed by atoms with Gasteiger partial charge in [-0.1, -0.05) is 30.0 Å². The minimum atomic E-state index is -2.93. The third kappa shape index (κ3) is 4.91. The van der Waals surface area contributed by atoms with Crippen molar-refractivity contribution in [2.75, 3.05) is 20.8 Å². The van der Waals surface area contributed by atoms with Crippen LogP contribution in [0.2, 0.25) is 0 Å². The van der Waals surface area contributed by atoms with E-state index in [9.17, 15) is 13.6 Å². The molecule has 1 atom stereocenters. The zero-order valence-electron chi connectivity index (χ0n) is 16.8. The number of hydrogen-bond donors (Lipinski definition) is 0. The second-order valence-corrected chi connectivity index (χ2v) is 7.49. The highest BCUT2D eigenvalue weighted by Gasteiger charge is 2.17. The number of para-hydroxylation sites is 1. The fourth-order valence-corrected chi connectivity index (χ4v) is 4.11. The summed E-state index contributed by atoms with van der Waals surface area (Å²) in [5.74, 6) is 0.635. The van der Waals surface area contributed by atoms with Gasteiger partial charge in [-0.05, 0) is 36.8 Å². The fraction of sp³-hybridized carbons (Fsp3) is 0.333. The number of aromatic nitrogens is 2. The number of alkyl halides is 2. The molecule has 0 amide bonds. The van der Waals surface area contributed by atoms with Crippen LogP contribution in [0.25, 0.3) is 10.9 Å². The summed E-state index contributed by atoms with van der Waals surface area (Å²) in [6, 6.07) is 11.7. The molecule has 0 bridgehead atoms. The van der Waals surface area contributed by atoms with E-state index in [1.54, 1.807) is 42.0 Å². The second-order valence-electron chi connectivity index (χ2n) is 6.54. The minimum Gasteiger partial charge on any atom is -0.493 e. The van der Waals surface area contributed by atoms with Gasteiger partial charge in [0.15, 0.2) is 16.7 Å². The summed E-state index contributed by atoms with van der Waals surface area (Å²) in [6.45, 7) is -0.677. The van der Waals surface area contributed by atoms with Crippen molar-refractivity contribution in [1.82, 2.24) is 9.55 Å². The zero-order valence-corrected chi connectivity index (χ0v) is 17.6. The van der Waals surface area contributed by atoms with Crippen LogP contribution in [0.5, 0.6) is 11.5 Å². The maximum absolute atomic E-state index is 13.1. The lowest BCUT2D eigenvalue weighted by molar-refractivity contribution is -0.0512. The van der Waals surface area contributed by atoms with E-state index in [4.69, 9.17) is 9.47 Å². The Balaban J connectivity index is 1.93. The lowest BCUT2D eigenvalue weighted by Crippen LogP contribution is -2.28. The standard InChI is InChI=1S/C21H22F2N2O4S/c1-13(11-27-2)25-19(26)15-6-4-5-7-16(15)24-21(25)30-12-14-8-9-17(29-20(22)23)18(10-14)28-3/h4-10,13,20H,11-12H2,1-3H3. The number of rotatable bonds is 9. The Bertz CT molecular complexity index is 1070. The third-order valence-electron chi connectivity index (χ3n) is 4.44. The average molecular weight is 436 g/mol. The van der Waals surface area contributed by atoms with Crippen LogP contribution in [0.4, 0.5) is 8.78 Å². The number of nitrogens with zero attached hydrogens (tertiary/aromatic N) is 2. The van der Waals surface area contributed by atoms with Crippen molar-refractivity contribution < 1.29 is 23.0 Å². The normalized spacial score (nSPS) is 12.3. The van der Waals surface area contributed by atoms with Gasteiger partial charge in [-0.15, -0.1) is 0 Å². The first-order valence-corrected chi connectivity index (χ1v) is 10.2. The number of ether oxygens (including phenoxy) is 3. The first-order valence-electron chi connectivity index (χ1n) is 9.19. The molecule has 6 nitrogen and oxygen atoms in total. The molecule has 0 fully saturated rings. The minimum absolute atomic E-state index is 0.0318. The summed E-state index contributed by atoms with van der Waals surface area (Å²) >= 11 is 1.37. The Hall–Kier alpha value is -2.65. The molecule has 30 heavy (non-hydrogen) atoms. The van der Waals surface area contributed by atoms with Crippen molar-refractivity contribution >= 4 is 22.7 Å². The van der Waals surface area contributed by atoms with E-state index in [2.05, 4.69) is 9.72 Å². The molecular formula is C21H22F2N2O4S. The zero-order chi connectivity index (χ0) is 21.7. The van der Waals surface area contributed by atoms with Gasteiger partial charge in [0, 0.05) is 12.9 Å². The largest absolute Gasteiger partial charge is 0.493 e. The van der Waals surface area contributed by atoms with Crippen LogP contribution in [0, 0.1) is 0 Å². The second kappa shape index (κ2) is 9.90. The molecule has 1 unspecified atom stereocenters. The number of methoxy groups -OCH3 is 2. The molecule has 1 aromatic heterocycles. The molecule has 1 heterocycles. The summed E-state index contributed by atoms with van der Waals surface area (Å²) in [5, 5.41) is 1.09. The van der Waals surface area contributed by atoms with Crippen LogP contribution in [-0.4, -0.2) is 37.0 Å². The van der Waals surface area contributed by atoms with Crippen LogP contribution in [0.15, 0.2) is 52.4 Å². The smallest absolute Gasteiger partial charge is 0.387 e. The molecule has 0 spiro atoms. The van der Waals surface area contributed by atoms with Gasteiger partial charge in [0.2, 0.25) is 0 Å². The van der Waals surface area contributed by atoms with Crippen LogP contribution in [-0.2, 0) is 10.5 Å². The number of benzene rings is 2. The number of fused-ring (bicyclic) bond motifs is 1. The van der Waals surface area contributed by atoms with Gasteiger partial charge in [0.25, 0.3) is 5.56 Å². The van der Waals surface area contributed by atoms with Crippen LogP contribution >= 0.6 is 11.8 Å². The molecule has 0 aliphatic rings. The van der Waals surface area contributed by atoms with Crippen molar-refractivity contribution in [1.29, 1.82) is 0 Å². The van der Waals surface area contributed by atoms with Crippen molar-refractivity contribution in [3.8, 4) is 11.5 Å². The molecule has 3 aromatic rings. The Labute approximate surface area is 176 Å². The first-order chi connectivity index (χ1) is 14.4. The molecule has 0 saturated carbocycles. The van der Waals surface area contributed by atoms with Gasteiger partial charge in [-0.2, -0.15) is 8.78 Å². The highest BCUT2D eigenvalue weighted by atomic mass is 32.2. The number of hydrogen-bond acceptors (Lipinski definition) is 6. The first kappa shape index (κ1) is 22.0. The number of halogens is 2. The molecular weight excluding hydrogens is 414 g/mol. The van der Waals surface area contributed by atoms with Gasteiger partial charge < -0.3 is 14.2 Å². The summed E-state index contributed by atoms with van der Waals surface area (Å²) < 4.78 is 41.5. The van der Waals surface area contributed by atoms with E-state index in [1.807, 2.05) is 13.0 Å². The van der Waals surface area contributed by atoms with Gasteiger partial charge in [-0.25, -0.2) is 4.98 Å². The Morgan fingerprint density at radius 1 is 1.13 bits per heavy atom. The summed E-state index contributed by atoms with van der Waals surface area (Å²) in [4.78, 5) is 17.7. The molecule has 9 heteroatoms. The maximum atomic E-state index is 13.1. The van der Waals surface area contributed by atoms with Gasteiger partial charge in [-0.3, -0.25) is 9.36 Å². The highest BCUT2D eigenvalue weighted by molar-refractivity contribution is 7.98. The third-order valence-corrected chi connectivity index (χ3v) is 5.46. The lowest BCUT2D eigenvalue weighted by Gasteiger charge is -2.19. The Kier molecular flexibility index (Phi) is 7.28. The number of thioether (sulfide) groups is 1. The molecule has 0 radical (unpaired) electrons. The SMILES string of the molecule is COCC(C)n1c(SCc2ccc(OC(F)F)c(OC)c2)nc2ccccc2c1=O. The summed E-state index contributed by atoms with van der Waals surface area (Å²) in [7, 11) is 2.97. The lowest BCUT2D eigenvalue weighted by atomic mass is 10.2. The van der Waals surface area contributed by atoms with Crippen LogP contribution < -0.4 is 15.0 Å². The highest BCUT2D eigenvalue weighted by Crippen LogP contribution is 2.32. The van der Waals surface area contributed by atoms with E-state index in [0.29, 0.717) is 28.4 Å². The monoisotopic (exact) mass is 436 g/mol. The van der Waals surface area contributed by atoms with Crippen molar-refractivity contribution in [3.63, 3.8) is 0 Å². The summed E-state index contributed by atoms with van der Waals surface area (Å²) in [5.41, 5.74) is 1.29. The molecule has 3 rings (SSSR count). The van der Waals surface area contributed by atoms with E-state index < -0.39 is 6.61 Å². The predicted molar refractivity (Wildman–Crippen MR) is 112 cm³/mol. The molecule has 0 N–H and O–H groups in total. The van der Waals surface area contributed by atoms with Gasteiger partial charge in [0.1, 0.15) is 0 Å². The van der Waals surface area contributed by atoms with E-state index in [-0.39, 0.29) is 23.1 Å². The van der Waals surface area contributed by atoms with E-state index in [0.717, 1.165) is 5.56 Å². The van der Waals surface area contributed by atoms with Crippen molar-refractivity contribution in [3.05, 3.63) is 58.4 Å². The van der Waals surface area contributed by atoms with Gasteiger partial charge in [0.05, 0.1) is 30.7 Å². The Morgan fingerprint density at radius 3 is 2.60 bits per heavy atom. The van der Waals surface area contributed by atoms with Gasteiger partial charge >= 0.3 is 6.61 Å². The quantitative estimate of drug-likeness (QED) is 0.363. The predicted octanol–water partition coefficient (Wildman–Crippen LogP) is 4.51. The Morgan fingerprint density at radius 2 is 1.90 bits per heavy atom. The average Bonchev–Trinajstić information content (AvgIpc) is 2.72. The molecule has 160 valence electrons. The topological polar surface area (TPSA) is 62.6 Å². The molecule has 0 aliphatic heterocycles. The molecule has 0 saturated heterocycles. The van der Waals surface area contributed by atoms with E-state index in [1.165, 1.54) is 24.9 Å². The van der Waals surface area contributed by atoms with Crippen molar-refractivity contribution in [2.45, 2.75) is 30.5 Å². The fourth-order valence-electron chi connectivity index (χ4n) is 3.07. The maximum Gasteiger partial charge on any atom is 0.387 e. The molecule has 0 aliphatic carbocycles. The molecule has 2 aromatic carbocycles. The van der Waals surface area contributed by atoms with Crippen LogP contribution in [0.3, 0.4) is 0 Å².